The third-order valence-electron chi connectivity index (χ3n) is 5.12. The van der Waals surface area contributed by atoms with Crippen molar-refractivity contribution in [3.8, 4) is 11.5 Å². The molecule has 0 aliphatic carbocycles. The van der Waals surface area contributed by atoms with Crippen LogP contribution in [0.2, 0.25) is 5.02 Å². The highest BCUT2D eigenvalue weighted by Crippen LogP contribution is 2.32. The second-order valence-electron chi connectivity index (χ2n) is 7.00. The number of carbonyl (C=O) groups is 1. The van der Waals surface area contributed by atoms with Crippen LogP contribution >= 0.6 is 11.6 Å². The topological polar surface area (TPSA) is 59.6 Å². The fraction of sp³-hybridized carbons (Fsp3) is 0.381. The van der Waals surface area contributed by atoms with E-state index in [1.54, 1.807) is 14.2 Å². The number of ether oxygens (including phenoxy) is 2. The Bertz CT molecular complexity index is 804. The quantitative estimate of drug-likeness (QED) is 0.763. The Morgan fingerprint density at radius 1 is 1.15 bits per heavy atom. The molecule has 2 aromatic rings. The minimum Gasteiger partial charge on any atom is -0.493 e. The molecular formula is C21H25ClN2O3. The molecule has 1 saturated heterocycles. The summed E-state index contributed by atoms with van der Waals surface area (Å²) in [6.45, 7) is 3.31. The molecule has 2 N–H and O–H groups in total. The maximum atomic E-state index is 13.0. The van der Waals surface area contributed by atoms with Crippen LogP contribution in [0.25, 0.3) is 0 Å². The van der Waals surface area contributed by atoms with Gasteiger partial charge in [0.2, 0.25) is 5.91 Å². The van der Waals surface area contributed by atoms with E-state index in [-0.39, 0.29) is 11.9 Å². The third-order valence-corrected chi connectivity index (χ3v) is 5.37. The molecule has 6 heteroatoms. The van der Waals surface area contributed by atoms with Gasteiger partial charge in [-0.3, -0.25) is 4.79 Å². The second-order valence-corrected chi connectivity index (χ2v) is 7.43. The maximum absolute atomic E-state index is 13.0. The van der Waals surface area contributed by atoms with Crippen LogP contribution in [-0.4, -0.2) is 33.2 Å². The highest BCUT2D eigenvalue weighted by Gasteiger charge is 2.44. The number of hydrogen-bond donors (Lipinski definition) is 2. The summed E-state index contributed by atoms with van der Waals surface area (Å²) < 4.78 is 10.6. The van der Waals surface area contributed by atoms with Crippen molar-refractivity contribution >= 4 is 17.5 Å². The van der Waals surface area contributed by atoms with Crippen molar-refractivity contribution < 1.29 is 14.3 Å². The fourth-order valence-electron chi connectivity index (χ4n) is 3.34. The van der Waals surface area contributed by atoms with Gasteiger partial charge < -0.3 is 20.1 Å². The van der Waals surface area contributed by atoms with Crippen molar-refractivity contribution in [2.24, 2.45) is 5.41 Å². The van der Waals surface area contributed by atoms with Crippen LogP contribution in [0.5, 0.6) is 11.5 Å². The van der Waals surface area contributed by atoms with E-state index >= 15 is 0 Å². The third kappa shape index (κ3) is 4.20. The van der Waals surface area contributed by atoms with Crippen molar-refractivity contribution in [1.29, 1.82) is 0 Å². The number of rotatable bonds is 7. The Morgan fingerprint density at radius 2 is 1.81 bits per heavy atom. The average molecular weight is 389 g/mol. The number of benzene rings is 2. The summed E-state index contributed by atoms with van der Waals surface area (Å²) in [6.07, 6.45) is 0.682. The van der Waals surface area contributed by atoms with Crippen molar-refractivity contribution in [3.05, 3.63) is 58.6 Å². The van der Waals surface area contributed by atoms with E-state index in [1.165, 1.54) is 0 Å². The number of halogens is 1. The van der Waals surface area contributed by atoms with Gasteiger partial charge >= 0.3 is 0 Å². The van der Waals surface area contributed by atoms with Gasteiger partial charge in [-0.25, -0.2) is 0 Å². The maximum Gasteiger partial charge on any atom is 0.229 e. The van der Waals surface area contributed by atoms with Crippen LogP contribution in [-0.2, 0) is 11.2 Å². The number of hydrogen-bond acceptors (Lipinski definition) is 4. The molecule has 1 aliphatic rings. The van der Waals surface area contributed by atoms with E-state index in [0.717, 1.165) is 11.1 Å². The molecule has 1 heterocycles. The molecule has 1 unspecified atom stereocenters. The second kappa shape index (κ2) is 8.19. The molecule has 0 aromatic heterocycles. The van der Waals surface area contributed by atoms with Gasteiger partial charge in [-0.15, -0.1) is 0 Å². The molecule has 2 aromatic carbocycles. The summed E-state index contributed by atoms with van der Waals surface area (Å²) in [5, 5.41) is 7.10. The SMILES string of the molecule is COc1ccc(C(C)NC(=O)C2(Cc3ccc(Cl)cc3)CNC2)cc1OC. The molecule has 3 rings (SSSR count). The van der Waals surface area contributed by atoms with Crippen LogP contribution in [0, 0.1) is 5.41 Å². The molecule has 144 valence electrons. The van der Waals surface area contributed by atoms with Gasteiger partial charge in [0.1, 0.15) is 0 Å². The lowest BCUT2D eigenvalue weighted by atomic mass is 9.75. The highest BCUT2D eigenvalue weighted by molar-refractivity contribution is 6.30. The first kappa shape index (κ1) is 19.5. The van der Waals surface area contributed by atoms with Gasteiger partial charge in [-0.2, -0.15) is 0 Å². The molecule has 0 saturated carbocycles. The smallest absolute Gasteiger partial charge is 0.229 e. The summed E-state index contributed by atoms with van der Waals surface area (Å²) in [6, 6.07) is 13.2. The molecule has 0 radical (unpaired) electrons. The Kier molecular flexibility index (Phi) is 5.92. The first-order valence-corrected chi connectivity index (χ1v) is 9.33. The molecule has 1 aliphatic heterocycles. The summed E-state index contributed by atoms with van der Waals surface area (Å²) in [4.78, 5) is 13.0. The molecule has 0 bridgehead atoms. The van der Waals surface area contributed by atoms with Gasteiger partial charge in [0.05, 0.1) is 25.7 Å². The zero-order valence-corrected chi connectivity index (χ0v) is 16.6. The fourth-order valence-corrected chi connectivity index (χ4v) is 3.47. The average Bonchev–Trinajstić information content (AvgIpc) is 2.65. The molecule has 1 atom stereocenters. The van der Waals surface area contributed by atoms with E-state index in [9.17, 15) is 4.79 Å². The minimum atomic E-state index is -0.432. The Hall–Kier alpha value is -2.24. The van der Waals surface area contributed by atoms with Gasteiger partial charge in [-0.05, 0) is 48.7 Å². The molecule has 0 spiro atoms. The molecule has 1 fully saturated rings. The van der Waals surface area contributed by atoms with Crippen LogP contribution in [0.1, 0.15) is 24.1 Å². The summed E-state index contributed by atoms with van der Waals surface area (Å²) in [5.41, 5.74) is 1.64. The van der Waals surface area contributed by atoms with Crippen molar-refractivity contribution in [2.75, 3.05) is 27.3 Å². The first-order chi connectivity index (χ1) is 13.0. The van der Waals surface area contributed by atoms with Gasteiger partial charge in [-0.1, -0.05) is 29.8 Å². The Labute approximate surface area is 165 Å². The molecule has 1 amide bonds. The zero-order valence-electron chi connectivity index (χ0n) is 15.8. The largest absolute Gasteiger partial charge is 0.493 e. The number of nitrogens with one attached hydrogen (secondary N) is 2. The van der Waals surface area contributed by atoms with E-state index < -0.39 is 5.41 Å². The van der Waals surface area contributed by atoms with Crippen LogP contribution in [0.3, 0.4) is 0 Å². The summed E-state index contributed by atoms with van der Waals surface area (Å²) >= 11 is 5.97. The van der Waals surface area contributed by atoms with Crippen molar-refractivity contribution in [1.82, 2.24) is 10.6 Å². The predicted molar refractivity (Wildman–Crippen MR) is 107 cm³/mol. The van der Waals surface area contributed by atoms with Crippen molar-refractivity contribution in [3.63, 3.8) is 0 Å². The monoisotopic (exact) mass is 388 g/mol. The van der Waals surface area contributed by atoms with Gasteiger partial charge in [0, 0.05) is 18.1 Å². The lowest BCUT2D eigenvalue weighted by molar-refractivity contribution is -0.134. The molecule has 27 heavy (non-hydrogen) atoms. The van der Waals surface area contributed by atoms with E-state index in [1.807, 2.05) is 49.4 Å². The van der Waals surface area contributed by atoms with Crippen LogP contribution in [0.4, 0.5) is 0 Å². The van der Waals surface area contributed by atoms with Gasteiger partial charge in [0.25, 0.3) is 0 Å². The zero-order chi connectivity index (χ0) is 19.4. The van der Waals surface area contributed by atoms with E-state index in [0.29, 0.717) is 36.0 Å². The summed E-state index contributed by atoms with van der Waals surface area (Å²) in [7, 11) is 3.21. The lowest BCUT2D eigenvalue weighted by Gasteiger charge is -2.42. The van der Waals surface area contributed by atoms with E-state index in [2.05, 4.69) is 10.6 Å². The lowest BCUT2D eigenvalue weighted by Crippen LogP contribution is -2.62. The predicted octanol–water partition coefficient (Wildman–Crippen LogP) is 3.37. The Morgan fingerprint density at radius 3 is 2.37 bits per heavy atom. The summed E-state index contributed by atoms with van der Waals surface area (Å²) in [5.74, 6) is 1.37. The van der Waals surface area contributed by atoms with Crippen LogP contribution < -0.4 is 20.1 Å². The number of methoxy groups -OCH3 is 2. The number of amides is 1. The normalized spacial score (nSPS) is 16.1. The number of carbonyl (C=O) groups excluding carboxylic acids is 1. The molecular weight excluding hydrogens is 364 g/mol. The van der Waals surface area contributed by atoms with Gasteiger partial charge in [0.15, 0.2) is 11.5 Å². The van der Waals surface area contributed by atoms with Crippen molar-refractivity contribution in [2.45, 2.75) is 19.4 Å². The standard InChI is InChI=1S/C21H25ClN2O3/c1-14(16-6-9-18(26-2)19(10-16)27-3)24-20(25)21(12-23-13-21)11-15-4-7-17(22)8-5-15/h4-10,14,23H,11-13H2,1-3H3,(H,24,25). The van der Waals surface area contributed by atoms with E-state index in [4.69, 9.17) is 21.1 Å². The first-order valence-electron chi connectivity index (χ1n) is 8.95. The molecule has 5 nitrogen and oxygen atoms in total. The van der Waals surface area contributed by atoms with Crippen LogP contribution in [0.15, 0.2) is 42.5 Å². The Balaban J connectivity index is 1.72. The minimum absolute atomic E-state index is 0.0542. The highest BCUT2D eigenvalue weighted by atomic mass is 35.5.